The Labute approximate surface area is 184 Å². The Bertz CT molecular complexity index is 875. The number of fused-ring (bicyclic) bond motifs is 1. The minimum absolute atomic E-state index is 0.0644. The lowest BCUT2D eigenvalue weighted by molar-refractivity contribution is -0.124. The Balaban J connectivity index is 1.24. The van der Waals surface area contributed by atoms with Gasteiger partial charge in [0.15, 0.2) is 0 Å². The van der Waals surface area contributed by atoms with Gasteiger partial charge in [0.1, 0.15) is 0 Å². The predicted molar refractivity (Wildman–Crippen MR) is 120 cm³/mol. The summed E-state index contributed by atoms with van der Waals surface area (Å²) >= 11 is 9.20. The van der Waals surface area contributed by atoms with E-state index in [0.717, 1.165) is 43.1 Å². The molecule has 2 unspecified atom stereocenters. The fraction of sp³-hybridized carbons (Fsp3) is 0.429. The van der Waals surface area contributed by atoms with Crippen LogP contribution in [0, 0.1) is 5.92 Å². The van der Waals surface area contributed by atoms with Gasteiger partial charge < -0.3 is 10.6 Å². The number of nitrogens with zero attached hydrogens (tertiary/aromatic N) is 1. The molecule has 1 fully saturated rings. The third-order valence-electron chi connectivity index (χ3n) is 5.28. The SMILES string of the molecule is O=C(CC1Sc2ccc(Cl)cc2NC1=O)NCC1CCCN(Cc2cccs2)C1. The molecule has 4 rings (SSSR count). The van der Waals surface area contributed by atoms with Gasteiger partial charge in [0.05, 0.1) is 10.9 Å². The van der Waals surface area contributed by atoms with Crippen LogP contribution in [-0.2, 0) is 16.1 Å². The Morgan fingerprint density at radius 2 is 2.24 bits per heavy atom. The molecule has 3 heterocycles. The molecule has 29 heavy (non-hydrogen) atoms. The first-order chi connectivity index (χ1) is 14.1. The average molecular weight is 450 g/mol. The Morgan fingerprint density at radius 3 is 3.07 bits per heavy atom. The third kappa shape index (κ3) is 5.54. The van der Waals surface area contributed by atoms with Crippen LogP contribution in [0.15, 0.2) is 40.6 Å². The molecule has 2 N–H and O–H groups in total. The number of benzene rings is 1. The van der Waals surface area contributed by atoms with Crippen molar-refractivity contribution in [3.63, 3.8) is 0 Å². The van der Waals surface area contributed by atoms with Gasteiger partial charge in [-0.2, -0.15) is 0 Å². The number of halogens is 1. The first kappa shape index (κ1) is 20.7. The van der Waals surface area contributed by atoms with Gasteiger partial charge in [-0.1, -0.05) is 17.7 Å². The van der Waals surface area contributed by atoms with Crippen LogP contribution in [0.1, 0.15) is 24.1 Å². The average Bonchev–Trinajstić information content (AvgIpc) is 3.20. The van der Waals surface area contributed by atoms with E-state index in [1.807, 2.05) is 6.07 Å². The first-order valence-electron chi connectivity index (χ1n) is 9.85. The van der Waals surface area contributed by atoms with Gasteiger partial charge in [-0.25, -0.2) is 0 Å². The minimum Gasteiger partial charge on any atom is -0.356 e. The first-order valence-corrected chi connectivity index (χ1v) is 12.0. The summed E-state index contributed by atoms with van der Waals surface area (Å²) in [5, 5.41) is 8.20. The molecule has 2 amide bonds. The summed E-state index contributed by atoms with van der Waals surface area (Å²) in [4.78, 5) is 29.6. The van der Waals surface area contributed by atoms with Crippen molar-refractivity contribution in [3.8, 4) is 0 Å². The third-order valence-corrected chi connectivity index (χ3v) is 7.65. The molecule has 0 saturated carbocycles. The van der Waals surface area contributed by atoms with Gasteiger partial charge in [0.2, 0.25) is 11.8 Å². The molecule has 2 aromatic rings. The Kier molecular flexibility index (Phi) is 6.80. The molecule has 2 aliphatic rings. The summed E-state index contributed by atoms with van der Waals surface area (Å²) < 4.78 is 0. The fourth-order valence-corrected chi connectivity index (χ4v) is 5.85. The van der Waals surface area contributed by atoms with Crippen molar-refractivity contribution in [1.29, 1.82) is 0 Å². The number of anilines is 1. The van der Waals surface area contributed by atoms with E-state index in [1.165, 1.54) is 16.6 Å². The molecule has 8 heteroatoms. The Morgan fingerprint density at radius 1 is 1.34 bits per heavy atom. The lowest BCUT2D eigenvalue weighted by Crippen LogP contribution is -2.41. The maximum Gasteiger partial charge on any atom is 0.238 e. The van der Waals surface area contributed by atoms with E-state index < -0.39 is 5.25 Å². The molecular formula is C21H24ClN3O2S2. The molecule has 2 atom stereocenters. The van der Waals surface area contributed by atoms with E-state index in [2.05, 4.69) is 33.0 Å². The summed E-state index contributed by atoms with van der Waals surface area (Å²) in [7, 11) is 0. The highest BCUT2D eigenvalue weighted by atomic mass is 35.5. The van der Waals surface area contributed by atoms with Gasteiger partial charge >= 0.3 is 0 Å². The largest absolute Gasteiger partial charge is 0.356 e. The molecule has 1 aromatic carbocycles. The molecule has 0 spiro atoms. The molecule has 1 saturated heterocycles. The maximum atomic E-state index is 12.5. The topological polar surface area (TPSA) is 61.4 Å². The number of likely N-dealkylation sites (tertiary alicyclic amines) is 1. The molecule has 2 aliphatic heterocycles. The van der Waals surface area contributed by atoms with Gasteiger partial charge in [0, 0.05) is 40.9 Å². The van der Waals surface area contributed by atoms with Crippen molar-refractivity contribution in [2.75, 3.05) is 25.0 Å². The van der Waals surface area contributed by atoms with E-state index in [9.17, 15) is 9.59 Å². The van der Waals surface area contributed by atoms with E-state index in [-0.39, 0.29) is 18.2 Å². The lowest BCUT2D eigenvalue weighted by Gasteiger charge is -2.32. The molecule has 5 nitrogen and oxygen atoms in total. The highest BCUT2D eigenvalue weighted by molar-refractivity contribution is 8.01. The molecular weight excluding hydrogens is 426 g/mol. The molecule has 0 bridgehead atoms. The van der Waals surface area contributed by atoms with E-state index in [1.54, 1.807) is 23.5 Å². The summed E-state index contributed by atoms with van der Waals surface area (Å²) in [6.07, 6.45) is 2.48. The van der Waals surface area contributed by atoms with Crippen molar-refractivity contribution in [2.24, 2.45) is 5.92 Å². The highest BCUT2D eigenvalue weighted by Crippen LogP contribution is 2.38. The summed E-state index contributed by atoms with van der Waals surface area (Å²) in [5.41, 5.74) is 0.720. The second-order valence-corrected chi connectivity index (χ2v) is 10.3. The van der Waals surface area contributed by atoms with Crippen LogP contribution in [0.3, 0.4) is 0 Å². The van der Waals surface area contributed by atoms with Gasteiger partial charge in [-0.3, -0.25) is 14.5 Å². The van der Waals surface area contributed by atoms with Gasteiger partial charge in [-0.05, 0) is 54.9 Å². The number of thioether (sulfide) groups is 1. The van der Waals surface area contributed by atoms with Gasteiger partial charge in [0.25, 0.3) is 0 Å². The van der Waals surface area contributed by atoms with E-state index >= 15 is 0 Å². The summed E-state index contributed by atoms with van der Waals surface area (Å²) in [6.45, 7) is 3.78. The van der Waals surface area contributed by atoms with Crippen molar-refractivity contribution < 1.29 is 9.59 Å². The quantitative estimate of drug-likeness (QED) is 0.692. The van der Waals surface area contributed by atoms with Crippen molar-refractivity contribution in [1.82, 2.24) is 10.2 Å². The number of carbonyl (C=O) groups is 2. The van der Waals surface area contributed by atoms with Crippen LogP contribution in [-0.4, -0.2) is 41.6 Å². The zero-order valence-corrected chi connectivity index (χ0v) is 18.4. The summed E-state index contributed by atoms with van der Waals surface area (Å²) in [6, 6.07) is 9.69. The van der Waals surface area contributed by atoms with Crippen LogP contribution < -0.4 is 10.6 Å². The van der Waals surface area contributed by atoms with Crippen LogP contribution in [0.2, 0.25) is 5.02 Å². The van der Waals surface area contributed by atoms with Crippen molar-refractivity contribution in [2.45, 2.75) is 36.0 Å². The number of amides is 2. The van der Waals surface area contributed by atoms with E-state index in [0.29, 0.717) is 17.5 Å². The van der Waals surface area contributed by atoms with Crippen molar-refractivity contribution >= 4 is 52.2 Å². The van der Waals surface area contributed by atoms with E-state index in [4.69, 9.17) is 11.6 Å². The number of nitrogens with one attached hydrogen (secondary N) is 2. The number of hydrogen-bond acceptors (Lipinski definition) is 5. The maximum absolute atomic E-state index is 12.5. The Hall–Kier alpha value is -1.54. The number of thiophene rings is 1. The smallest absolute Gasteiger partial charge is 0.238 e. The molecule has 154 valence electrons. The second kappa shape index (κ2) is 9.51. The standard InChI is InChI=1S/C21H24ClN3O2S2/c22-15-5-6-18-17(9-15)24-21(27)19(29-18)10-20(26)23-11-14-3-1-7-25(12-14)13-16-4-2-8-28-16/h2,4-6,8-9,14,19H,1,3,7,10-13H2,(H,23,26)(H,24,27). The van der Waals surface area contributed by atoms with Crippen LogP contribution in [0.5, 0.6) is 0 Å². The monoisotopic (exact) mass is 449 g/mol. The zero-order chi connectivity index (χ0) is 20.2. The fourth-order valence-electron chi connectivity index (χ4n) is 3.84. The predicted octanol–water partition coefficient (Wildman–Crippen LogP) is 4.23. The second-order valence-electron chi connectivity index (χ2n) is 7.57. The normalized spacial score (nSPS) is 22.0. The molecule has 1 aromatic heterocycles. The molecule has 0 aliphatic carbocycles. The lowest BCUT2D eigenvalue weighted by atomic mass is 9.98. The number of rotatable bonds is 6. The zero-order valence-electron chi connectivity index (χ0n) is 16.0. The minimum atomic E-state index is -0.412. The number of piperidine rings is 1. The molecule has 0 radical (unpaired) electrons. The number of hydrogen-bond donors (Lipinski definition) is 2. The number of carbonyl (C=O) groups excluding carboxylic acids is 2. The summed E-state index contributed by atoms with van der Waals surface area (Å²) in [5.74, 6) is 0.258. The van der Waals surface area contributed by atoms with Gasteiger partial charge in [-0.15, -0.1) is 23.1 Å². The van der Waals surface area contributed by atoms with Crippen LogP contribution in [0.4, 0.5) is 5.69 Å². The van der Waals surface area contributed by atoms with Crippen LogP contribution in [0.25, 0.3) is 0 Å². The van der Waals surface area contributed by atoms with Crippen LogP contribution >= 0.6 is 34.7 Å². The highest BCUT2D eigenvalue weighted by Gasteiger charge is 2.29. The van der Waals surface area contributed by atoms with Crippen molar-refractivity contribution in [3.05, 3.63) is 45.6 Å².